The standard InChI is InChI=1S/C16H19ClN4O2/c1-11-19-14(16(22)18-8-5-9-23-2)10-15(20-11)21-13-7-4-3-6-12(13)17/h3-4,6-7,10H,5,8-9H2,1-2H3,(H,18,22)(H,19,20,21). The minimum Gasteiger partial charge on any atom is -0.385 e. The zero-order chi connectivity index (χ0) is 16.7. The van der Waals surface area contributed by atoms with Gasteiger partial charge in [-0.2, -0.15) is 0 Å². The van der Waals surface area contributed by atoms with Gasteiger partial charge in [0.05, 0.1) is 10.7 Å². The monoisotopic (exact) mass is 334 g/mol. The highest BCUT2D eigenvalue weighted by atomic mass is 35.5. The van der Waals surface area contributed by atoms with Crippen molar-refractivity contribution in [2.24, 2.45) is 0 Å². The molecule has 1 amide bonds. The Kier molecular flexibility index (Phi) is 6.31. The van der Waals surface area contributed by atoms with E-state index in [1.54, 1.807) is 26.2 Å². The Morgan fingerprint density at radius 3 is 2.83 bits per heavy atom. The molecular weight excluding hydrogens is 316 g/mol. The van der Waals surface area contributed by atoms with Gasteiger partial charge in [-0.05, 0) is 25.5 Å². The predicted octanol–water partition coefficient (Wildman–Crippen LogP) is 2.95. The van der Waals surface area contributed by atoms with Gasteiger partial charge in [0, 0.05) is 26.3 Å². The molecule has 1 aromatic heterocycles. The van der Waals surface area contributed by atoms with Crippen LogP contribution in [0.3, 0.4) is 0 Å². The van der Waals surface area contributed by atoms with Gasteiger partial charge in [-0.15, -0.1) is 0 Å². The van der Waals surface area contributed by atoms with Crippen LogP contribution in [0.2, 0.25) is 5.02 Å². The number of amides is 1. The maximum Gasteiger partial charge on any atom is 0.270 e. The number of hydrogen-bond acceptors (Lipinski definition) is 5. The van der Waals surface area contributed by atoms with E-state index in [2.05, 4.69) is 20.6 Å². The third-order valence-corrected chi connectivity index (χ3v) is 3.35. The number of nitrogens with zero attached hydrogens (tertiary/aromatic N) is 2. The Bertz CT molecular complexity index is 679. The van der Waals surface area contributed by atoms with Crippen molar-refractivity contribution in [2.75, 3.05) is 25.6 Å². The Morgan fingerprint density at radius 2 is 2.09 bits per heavy atom. The highest BCUT2D eigenvalue weighted by molar-refractivity contribution is 6.33. The number of benzene rings is 1. The summed E-state index contributed by atoms with van der Waals surface area (Å²) in [5, 5.41) is 6.48. The van der Waals surface area contributed by atoms with E-state index >= 15 is 0 Å². The van der Waals surface area contributed by atoms with Crippen LogP contribution < -0.4 is 10.6 Å². The molecule has 23 heavy (non-hydrogen) atoms. The van der Waals surface area contributed by atoms with Crippen molar-refractivity contribution < 1.29 is 9.53 Å². The molecule has 6 nitrogen and oxygen atoms in total. The van der Waals surface area contributed by atoms with E-state index in [-0.39, 0.29) is 5.91 Å². The summed E-state index contributed by atoms with van der Waals surface area (Å²) < 4.78 is 4.95. The molecule has 2 N–H and O–H groups in total. The summed E-state index contributed by atoms with van der Waals surface area (Å²) in [4.78, 5) is 20.6. The third kappa shape index (κ3) is 5.19. The van der Waals surface area contributed by atoms with Gasteiger partial charge in [0.2, 0.25) is 0 Å². The lowest BCUT2D eigenvalue weighted by Crippen LogP contribution is -2.26. The number of ether oxygens (including phenoxy) is 1. The summed E-state index contributed by atoms with van der Waals surface area (Å²) in [6.45, 7) is 2.87. The molecule has 0 saturated heterocycles. The molecule has 0 bridgehead atoms. The average Bonchev–Trinajstić information content (AvgIpc) is 2.53. The highest BCUT2D eigenvalue weighted by Gasteiger charge is 2.11. The summed E-state index contributed by atoms with van der Waals surface area (Å²) in [6, 6.07) is 8.93. The molecule has 0 atom stereocenters. The van der Waals surface area contributed by atoms with E-state index in [4.69, 9.17) is 16.3 Å². The zero-order valence-corrected chi connectivity index (χ0v) is 13.9. The van der Waals surface area contributed by atoms with Crippen LogP contribution >= 0.6 is 11.6 Å². The topological polar surface area (TPSA) is 76.1 Å². The maximum absolute atomic E-state index is 12.1. The lowest BCUT2D eigenvalue weighted by Gasteiger charge is -2.10. The average molecular weight is 335 g/mol. The van der Waals surface area contributed by atoms with Crippen LogP contribution in [0.15, 0.2) is 30.3 Å². The van der Waals surface area contributed by atoms with Crippen molar-refractivity contribution >= 4 is 29.0 Å². The molecule has 0 aliphatic heterocycles. The van der Waals surface area contributed by atoms with Crippen LogP contribution in [0.5, 0.6) is 0 Å². The number of hydrogen-bond donors (Lipinski definition) is 2. The van der Waals surface area contributed by atoms with Crippen molar-refractivity contribution in [1.29, 1.82) is 0 Å². The fourth-order valence-electron chi connectivity index (χ4n) is 1.96. The second kappa shape index (κ2) is 8.45. The number of rotatable bonds is 7. The van der Waals surface area contributed by atoms with E-state index in [1.165, 1.54) is 0 Å². The maximum atomic E-state index is 12.1. The summed E-state index contributed by atoms with van der Waals surface area (Å²) >= 11 is 6.12. The Balaban J connectivity index is 2.09. The fourth-order valence-corrected chi connectivity index (χ4v) is 2.14. The van der Waals surface area contributed by atoms with E-state index in [9.17, 15) is 4.79 Å². The Labute approximate surface area is 140 Å². The third-order valence-electron chi connectivity index (χ3n) is 3.02. The first-order valence-corrected chi connectivity index (χ1v) is 7.62. The number of carbonyl (C=O) groups is 1. The van der Waals surface area contributed by atoms with Crippen molar-refractivity contribution in [1.82, 2.24) is 15.3 Å². The van der Waals surface area contributed by atoms with Crippen LogP contribution in [0.1, 0.15) is 22.7 Å². The fraction of sp³-hybridized carbons (Fsp3) is 0.312. The lowest BCUT2D eigenvalue weighted by atomic mass is 10.3. The molecule has 122 valence electrons. The molecule has 1 heterocycles. The first-order valence-electron chi connectivity index (χ1n) is 7.24. The number of aromatic nitrogens is 2. The van der Waals surface area contributed by atoms with Crippen LogP contribution in [0.4, 0.5) is 11.5 Å². The molecule has 7 heteroatoms. The number of carbonyl (C=O) groups excluding carboxylic acids is 1. The molecule has 0 aliphatic carbocycles. The van der Waals surface area contributed by atoms with Crippen molar-refractivity contribution in [3.05, 3.63) is 46.9 Å². The van der Waals surface area contributed by atoms with Crippen molar-refractivity contribution in [3.8, 4) is 0 Å². The number of methoxy groups -OCH3 is 1. The van der Waals surface area contributed by atoms with E-state index in [1.807, 2.05) is 18.2 Å². The van der Waals surface area contributed by atoms with Gasteiger partial charge in [0.1, 0.15) is 17.3 Å². The van der Waals surface area contributed by atoms with E-state index in [0.29, 0.717) is 35.5 Å². The minimum atomic E-state index is -0.242. The zero-order valence-electron chi connectivity index (χ0n) is 13.1. The SMILES string of the molecule is COCCCNC(=O)c1cc(Nc2ccccc2Cl)nc(C)n1. The predicted molar refractivity (Wildman–Crippen MR) is 90.3 cm³/mol. The molecule has 0 spiro atoms. The lowest BCUT2D eigenvalue weighted by molar-refractivity contribution is 0.0943. The molecule has 0 unspecified atom stereocenters. The molecule has 0 radical (unpaired) electrons. The van der Waals surface area contributed by atoms with Gasteiger partial charge in [-0.3, -0.25) is 4.79 Å². The summed E-state index contributed by atoms with van der Waals surface area (Å²) in [5.74, 6) is 0.783. The number of nitrogens with one attached hydrogen (secondary N) is 2. The second-order valence-electron chi connectivity index (χ2n) is 4.89. The molecule has 0 fully saturated rings. The summed E-state index contributed by atoms with van der Waals surface area (Å²) in [7, 11) is 1.63. The summed E-state index contributed by atoms with van der Waals surface area (Å²) in [6.07, 6.45) is 0.747. The van der Waals surface area contributed by atoms with Crippen molar-refractivity contribution in [2.45, 2.75) is 13.3 Å². The number of anilines is 2. The number of aryl methyl sites for hydroxylation is 1. The van der Waals surface area contributed by atoms with Gasteiger partial charge in [0.15, 0.2) is 0 Å². The highest BCUT2D eigenvalue weighted by Crippen LogP contribution is 2.24. The normalized spacial score (nSPS) is 10.4. The van der Waals surface area contributed by atoms with Crippen LogP contribution in [-0.4, -0.2) is 36.1 Å². The second-order valence-corrected chi connectivity index (χ2v) is 5.30. The van der Waals surface area contributed by atoms with Crippen molar-refractivity contribution in [3.63, 3.8) is 0 Å². The van der Waals surface area contributed by atoms with Gasteiger partial charge in [0.25, 0.3) is 5.91 Å². The quantitative estimate of drug-likeness (QED) is 0.761. The van der Waals surface area contributed by atoms with Gasteiger partial charge in [-0.25, -0.2) is 9.97 Å². The molecule has 1 aromatic carbocycles. The molecule has 0 saturated carbocycles. The molecule has 0 aliphatic rings. The first-order chi connectivity index (χ1) is 11.1. The number of para-hydroxylation sites is 1. The Hall–Kier alpha value is -2.18. The molecule has 2 aromatic rings. The summed E-state index contributed by atoms with van der Waals surface area (Å²) in [5.41, 5.74) is 1.03. The largest absolute Gasteiger partial charge is 0.385 e. The first kappa shape index (κ1) is 17.2. The Morgan fingerprint density at radius 1 is 1.30 bits per heavy atom. The van der Waals surface area contributed by atoms with Gasteiger partial charge < -0.3 is 15.4 Å². The van der Waals surface area contributed by atoms with Crippen LogP contribution in [-0.2, 0) is 4.74 Å². The molecule has 2 rings (SSSR count). The van der Waals surface area contributed by atoms with Crippen LogP contribution in [0.25, 0.3) is 0 Å². The smallest absolute Gasteiger partial charge is 0.270 e. The molecular formula is C16H19ClN4O2. The van der Waals surface area contributed by atoms with Crippen LogP contribution in [0, 0.1) is 6.92 Å². The van der Waals surface area contributed by atoms with Gasteiger partial charge >= 0.3 is 0 Å². The number of halogens is 1. The van der Waals surface area contributed by atoms with E-state index in [0.717, 1.165) is 12.1 Å². The van der Waals surface area contributed by atoms with E-state index < -0.39 is 0 Å². The van der Waals surface area contributed by atoms with Gasteiger partial charge in [-0.1, -0.05) is 23.7 Å². The minimum absolute atomic E-state index is 0.242.